The highest BCUT2D eigenvalue weighted by Crippen LogP contribution is 2.12. The van der Waals surface area contributed by atoms with E-state index in [0.717, 1.165) is 6.54 Å². The average molecular weight is 256 g/mol. The molecule has 1 N–H and O–H groups in total. The van der Waals surface area contributed by atoms with Gasteiger partial charge in [-0.15, -0.1) is 0 Å². The Morgan fingerprint density at radius 3 is 2.63 bits per heavy atom. The van der Waals surface area contributed by atoms with Crippen molar-refractivity contribution in [2.45, 2.75) is 26.1 Å². The van der Waals surface area contributed by atoms with E-state index in [-0.39, 0.29) is 0 Å². The summed E-state index contributed by atoms with van der Waals surface area (Å²) in [5.41, 5.74) is 3.73. The van der Waals surface area contributed by atoms with Gasteiger partial charge in [-0.1, -0.05) is 24.3 Å². The molecule has 0 aliphatic heterocycles. The first-order valence-corrected chi connectivity index (χ1v) is 6.49. The third-order valence-electron chi connectivity index (χ3n) is 3.12. The van der Waals surface area contributed by atoms with Crippen LogP contribution in [0, 0.1) is 0 Å². The second-order valence-corrected chi connectivity index (χ2v) is 4.64. The third kappa shape index (κ3) is 4.16. The van der Waals surface area contributed by atoms with E-state index in [1.807, 2.05) is 24.5 Å². The lowest BCUT2D eigenvalue weighted by molar-refractivity contribution is 0.185. The van der Waals surface area contributed by atoms with Gasteiger partial charge < -0.3 is 10.1 Å². The van der Waals surface area contributed by atoms with E-state index in [0.29, 0.717) is 12.6 Å². The summed E-state index contributed by atoms with van der Waals surface area (Å²) in [5.74, 6) is 0. The van der Waals surface area contributed by atoms with Crippen LogP contribution in [-0.2, 0) is 17.9 Å². The maximum atomic E-state index is 5.15. The lowest BCUT2D eigenvalue weighted by Gasteiger charge is -2.14. The maximum absolute atomic E-state index is 5.15. The van der Waals surface area contributed by atoms with E-state index in [9.17, 15) is 0 Å². The Morgan fingerprint density at radius 2 is 1.89 bits per heavy atom. The number of hydrogen-bond donors (Lipinski definition) is 1. The lowest BCUT2D eigenvalue weighted by Crippen LogP contribution is -2.18. The predicted octanol–water partition coefficient (Wildman–Crippen LogP) is 3.08. The number of nitrogens with one attached hydrogen (secondary N) is 1. The molecule has 3 heteroatoms. The van der Waals surface area contributed by atoms with Crippen LogP contribution in [0.25, 0.3) is 0 Å². The fourth-order valence-electron chi connectivity index (χ4n) is 2.04. The molecule has 19 heavy (non-hydrogen) atoms. The van der Waals surface area contributed by atoms with Gasteiger partial charge in [-0.2, -0.15) is 0 Å². The molecule has 1 aromatic heterocycles. The van der Waals surface area contributed by atoms with Crippen LogP contribution in [0.1, 0.15) is 29.7 Å². The van der Waals surface area contributed by atoms with E-state index in [2.05, 4.69) is 41.5 Å². The molecule has 0 aliphatic rings. The second-order valence-electron chi connectivity index (χ2n) is 4.64. The van der Waals surface area contributed by atoms with Crippen LogP contribution in [-0.4, -0.2) is 12.1 Å². The molecule has 3 nitrogen and oxygen atoms in total. The number of ether oxygens (including phenoxy) is 1. The molecule has 2 aromatic rings. The van der Waals surface area contributed by atoms with Gasteiger partial charge in [-0.3, -0.25) is 4.98 Å². The molecule has 100 valence electrons. The van der Waals surface area contributed by atoms with Gasteiger partial charge in [0, 0.05) is 32.1 Å². The highest BCUT2D eigenvalue weighted by molar-refractivity contribution is 5.23. The van der Waals surface area contributed by atoms with Crippen molar-refractivity contribution < 1.29 is 4.74 Å². The fourth-order valence-corrected chi connectivity index (χ4v) is 2.04. The van der Waals surface area contributed by atoms with Gasteiger partial charge in [0.25, 0.3) is 0 Å². The Balaban J connectivity index is 1.93. The third-order valence-corrected chi connectivity index (χ3v) is 3.12. The van der Waals surface area contributed by atoms with Crippen molar-refractivity contribution in [3.63, 3.8) is 0 Å². The summed E-state index contributed by atoms with van der Waals surface area (Å²) in [6.45, 7) is 3.67. The SMILES string of the molecule is COCc1cccc(CN[C@@H](C)c2ccncc2)c1. The first-order valence-electron chi connectivity index (χ1n) is 6.49. The number of hydrogen-bond acceptors (Lipinski definition) is 3. The van der Waals surface area contributed by atoms with Crippen LogP contribution in [0.2, 0.25) is 0 Å². The van der Waals surface area contributed by atoms with Crippen molar-refractivity contribution in [1.29, 1.82) is 0 Å². The highest BCUT2D eigenvalue weighted by Gasteiger charge is 2.04. The Bertz CT molecular complexity index is 499. The van der Waals surface area contributed by atoms with Crippen molar-refractivity contribution in [2.75, 3.05) is 7.11 Å². The molecule has 0 saturated heterocycles. The summed E-state index contributed by atoms with van der Waals surface area (Å²) < 4.78 is 5.15. The average Bonchev–Trinajstić information content (AvgIpc) is 2.46. The molecule has 0 aliphatic carbocycles. The first kappa shape index (κ1) is 13.7. The molecular weight excluding hydrogens is 236 g/mol. The van der Waals surface area contributed by atoms with Gasteiger partial charge in [-0.05, 0) is 35.7 Å². The molecule has 0 saturated carbocycles. The smallest absolute Gasteiger partial charge is 0.0713 e. The minimum atomic E-state index is 0.314. The first-order chi connectivity index (χ1) is 9.29. The molecule has 2 rings (SSSR count). The molecule has 1 aromatic carbocycles. The van der Waals surface area contributed by atoms with Crippen LogP contribution in [0.5, 0.6) is 0 Å². The topological polar surface area (TPSA) is 34.1 Å². The maximum Gasteiger partial charge on any atom is 0.0713 e. The molecule has 0 radical (unpaired) electrons. The summed E-state index contributed by atoms with van der Waals surface area (Å²) in [5, 5.41) is 3.52. The number of benzene rings is 1. The Labute approximate surface area is 114 Å². The van der Waals surface area contributed by atoms with Crippen molar-refractivity contribution in [2.24, 2.45) is 0 Å². The standard InChI is InChI=1S/C16H20N2O/c1-13(16-6-8-17-9-7-16)18-11-14-4-3-5-15(10-14)12-19-2/h3-10,13,18H,11-12H2,1-2H3/t13-/m0/s1. The number of methoxy groups -OCH3 is 1. The van der Waals surface area contributed by atoms with E-state index in [4.69, 9.17) is 4.74 Å². The van der Waals surface area contributed by atoms with Gasteiger partial charge in [-0.25, -0.2) is 0 Å². The normalized spacial score (nSPS) is 12.3. The van der Waals surface area contributed by atoms with Crippen LogP contribution in [0.3, 0.4) is 0 Å². The molecule has 1 atom stereocenters. The quantitative estimate of drug-likeness (QED) is 0.862. The van der Waals surface area contributed by atoms with Crippen molar-refractivity contribution in [3.05, 3.63) is 65.5 Å². The van der Waals surface area contributed by atoms with E-state index in [1.54, 1.807) is 7.11 Å². The van der Waals surface area contributed by atoms with Crippen LogP contribution in [0.4, 0.5) is 0 Å². The summed E-state index contributed by atoms with van der Waals surface area (Å²) >= 11 is 0. The zero-order chi connectivity index (χ0) is 13.5. The molecule has 0 bridgehead atoms. The van der Waals surface area contributed by atoms with Crippen molar-refractivity contribution in [3.8, 4) is 0 Å². The number of aromatic nitrogens is 1. The Kier molecular flexibility index (Phi) is 5.07. The molecule has 0 amide bonds. The van der Waals surface area contributed by atoms with Gasteiger partial charge >= 0.3 is 0 Å². The molecule has 0 spiro atoms. The van der Waals surface area contributed by atoms with E-state index < -0.39 is 0 Å². The van der Waals surface area contributed by atoms with Crippen LogP contribution >= 0.6 is 0 Å². The monoisotopic (exact) mass is 256 g/mol. The minimum Gasteiger partial charge on any atom is -0.380 e. The Hall–Kier alpha value is -1.71. The van der Waals surface area contributed by atoms with Gasteiger partial charge in [0.05, 0.1) is 6.61 Å². The zero-order valence-corrected chi connectivity index (χ0v) is 11.5. The van der Waals surface area contributed by atoms with E-state index in [1.165, 1.54) is 16.7 Å². The lowest BCUT2D eigenvalue weighted by atomic mass is 10.1. The number of rotatable bonds is 6. The number of pyridine rings is 1. The van der Waals surface area contributed by atoms with Crippen LogP contribution < -0.4 is 5.32 Å². The second kappa shape index (κ2) is 7.02. The van der Waals surface area contributed by atoms with Gasteiger partial charge in [0.15, 0.2) is 0 Å². The summed E-state index contributed by atoms with van der Waals surface area (Å²) in [6.07, 6.45) is 3.65. The van der Waals surface area contributed by atoms with Crippen molar-refractivity contribution in [1.82, 2.24) is 10.3 Å². The Morgan fingerprint density at radius 1 is 1.16 bits per heavy atom. The zero-order valence-electron chi connectivity index (χ0n) is 11.5. The fraction of sp³-hybridized carbons (Fsp3) is 0.312. The molecule has 0 fully saturated rings. The van der Waals surface area contributed by atoms with Gasteiger partial charge in [0.2, 0.25) is 0 Å². The van der Waals surface area contributed by atoms with Crippen molar-refractivity contribution >= 4 is 0 Å². The highest BCUT2D eigenvalue weighted by atomic mass is 16.5. The van der Waals surface area contributed by atoms with Crippen LogP contribution in [0.15, 0.2) is 48.8 Å². The summed E-state index contributed by atoms with van der Waals surface area (Å²) in [4.78, 5) is 4.04. The number of nitrogens with zero attached hydrogens (tertiary/aromatic N) is 1. The van der Waals surface area contributed by atoms with E-state index >= 15 is 0 Å². The predicted molar refractivity (Wildman–Crippen MR) is 76.6 cm³/mol. The van der Waals surface area contributed by atoms with Gasteiger partial charge in [0.1, 0.15) is 0 Å². The molecule has 1 heterocycles. The summed E-state index contributed by atoms with van der Waals surface area (Å²) in [7, 11) is 1.72. The largest absolute Gasteiger partial charge is 0.380 e. The molecule has 0 unspecified atom stereocenters. The molecular formula is C16H20N2O. The summed E-state index contributed by atoms with van der Waals surface area (Å²) in [6, 6.07) is 12.9. The minimum absolute atomic E-state index is 0.314.